The fraction of sp³-hybridized carbons (Fsp3) is 0.667. The van der Waals surface area contributed by atoms with Crippen LogP contribution in [-0.2, 0) is 0 Å². The molecule has 1 aromatic rings. The first-order chi connectivity index (χ1) is 11.0. The molecule has 1 saturated carbocycles. The molecular formula is C18H26F2N2O. The van der Waals surface area contributed by atoms with Gasteiger partial charge in [-0.25, -0.2) is 8.78 Å². The molecule has 1 unspecified atom stereocenters. The quantitative estimate of drug-likeness (QED) is 0.874. The van der Waals surface area contributed by atoms with Crippen LogP contribution in [0.3, 0.4) is 0 Å². The van der Waals surface area contributed by atoms with Gasteiger partial charge in [-0.3, -0.25) is 0 Å². The van der Waals surface area contributed by atoms with E-state index in [4.69, 9.17) is 0 Å². The third kappa shape index (κ3) is 3.57. The van der Waals surface area contributed by atoms with Crippen molar-refractivity contribution in [3.8, 4) is 0 Å². The highest BCUT2D eigenvalue weighted by Gasteiger charge is 2.36. The summed E-state index contributed by atoms with van der Waals surface area (Å²) in [6.07, 6.45) is 3.30. The Bertz CT molecular complexity index is 560. The molecule has 0 spiro atoms. The SMILES string of the molecule is Cc1cc(F)c(C(NC[C@H]2CCCN2C)C2CC(O)C2)cc1F. The number of likely N-dealkylation sites (N-methyl/N-ethyl adjacent to an activating group) is 1. The molecule has 0 amide bonds. The normalized spacial score (nSPS) is 29.5. The minimum Gasteiger partial charge on any atom is -0.393 e. The van der Waals surface area contributed by atoms with Crippen LogP contribution in [0.25, 0.3) is 0 Å². The number of rotatable bonds is 5. The fourth-order valence-corrected chi connectivity index (χ4v) is 3.83. The largest absolute Gasteiger partial charge is 0.393 e. The van der Waals surface area contributed by atoms with Crippen molar-refractivity contribution in [1.29, 1.82) is 0 Å². The zero-order valence-corrected chi connectivity index (χ0v) is 13.9. The highest BCUT2D eigenvalue weighted by molar-refractivity contribution is 5.28. The van der Waals surface area contributed by atoms with Crippen LogP contribution in [0, 0.1) is 24.5 Å². The third-order valence-corrected chi connectivity index (χ3v) is 5.48. The Balaban J connectivity index is 1.77. The topological polar surface area (TPSA) is 35.5 Å². The number of hydrogen-bond acceptors (Lipinski definition) is 3. The molecule has 1 heterocycles. The monoisotopic (exact) mass is 324 g/mol. The van der Waals surface area contributed by atoms with Crippen LogP contribution < -0.4 is 5.32 Å². The van der Waals surface area contributed by atoms with E-state index in [1.165, 1.54) is 18.6 Å². The first kappa shape index (κ1) is 16.8. The summed E-state index contributed by atoms with van der Waals surface area (Å²) in [6, 6.07) is 2.81. The predicted octanol–water partition coefficient (Wildman–Crippen LogP) is 2.77. The summed E-state index contributed by atoms with van der Waals surface area (Å²) in [6.45, 7) is 3.43. The van der Waals surface area contributed by atoms with Crippen LogP contribution in [0.2, 0.25) is 0 Å². The minimum atomic E-state index is -0.369. The molecule has 2 fully saturated rings. The van der Waals surface area contributed by atoms with Crippen LogP contribution >= 0.6 is 0 Å². The molecule has 23 heavy (non-hydrogen) atoms. The van der Waals surface area contributed by atoms with Gasteiger partial charge in [-0.2, -0.15) is 0 Å². The van der Waals surface area contributed by atoms with Crippen molar-refractivity contribution in [2.45, 2.75) is 50.8 Å². The second kappa shape index (κ2) is 6.83. The van der Waals surface area contributed by atoms with Gasteiger partial charge < -0.3 is 15.3 Å². The maximum Gasteiger partial charge on any atom is 0.128 e. The smallest absolute Gasteiger partial charge is 0.128 e. The molecule has 2 aliphatic rings. The molecule has 1 aliphatic heterocycles. The highest BCUT2D eigenvalue weighted by Crippen LogP contribution is 2.39. The van der Waals surface area contributed by atoms with Gasteiger partial charge in [0.1, 0.15) is 11.6 Å². The molecule has 3 rings (SSSR count). The van der Waals surface area contributed by atoms with E-state index in [1.807, 2.05) is 0 Å². The molecule has 0 bridgehead atoms. The lowest BCUT2D eigenvalue weighted by atomic mass is 9.74. The molecule has 3 nitrogen and oxygen atoms in total. The highest BCUT2D eigenvalue weighted by atomic mass is 19.1. The summed E-state index contributed by atoms with van der Waals surface area (Å²) in [4.78, 5) is 2.31. The van der Waals surface area contributed by atoms with Gasteiger partial charge in [0.05, 0.1) is 6.10 Å². The van der Waals surface area contributed by atoms with E-state index in [2.05, 4.69) is 17.3 Å². The Morgan fingerprint density at radius 1 is 1.30 bits per heavy atom. The summed E-state index contributed by atoms with van der Waals surface area (Å²) in [5.74, 6) is -0.568. The summed E-state index contributed by atoms with van der Waals surface area (Å²) < 4.78 is 28.3. The summed E-state index contributed by atoms with van der Waals surface area (Å²) in [5, 5.41) is 13.1. The van der Waals surface area contributed by atoms with Gasteiger partial charge in [-0.15, -0.1) is 0 Å². The van der Waals surface area contributed by atoms with Crippen LogP contribution in [0.1, 0.15) is 42.9 Å². The molecule has 0 radical (unpaired) electrons. The Morgan fingerprint density at radius 3 is 2.65 bits per heavy atom. The average molecular weight is 324 g/mol. The Labute approximate surface area is 136 Å². The molecule has 2 N–H and O–H groups in total. The zero-order chi connectivity index (χ0) is 16.6. The number of aliphatic hydroxyl groups excluding tert-OH is 1. The number of aliphatic hydroxyl groups is 1. The predicted molar refractivity (Wildman–Crippen MR) is 86.2 cm³/mol. The van der Waals surface area contributed by atoms with E-state index in [0.29, 0.717) is 30.0 Å². The maximum absolute atomic E-state index is 14.4. The number of benzene rings is 1. The van der Waals surface area contributed by atoms with Gasteiger partial charge in [0, 0.05) is 24.2 Å². The van der Waals surface area contributed by atoms with Gasteiger partial charge in [0.15, 0.2) is 0 Å². The van der Waals surface area contributed by atoms with Gasteiger partial charge in [0.25, 0.3) is 0 Å². The molecule has 0 aromatic heterocycles. The first-order valence-corrected chi connectivity index (χ1v) is 8.53. The number of halogens is 2. The second-order valence-corrected chi connectivity index (χ2v) is 7.17. The van der Waals surface area contributed by atoms with Gasteiger partial charge in [0.2, 0.25) is 0 Å². The zero-order valence-electron chi connectivity index (χ0n) is 13.9. The van der Waals surface area contributed by atoms with Crippen LogP contribution in [-0.4, -0.2) is 42.3 Å². The number of aryl methyl sites for hydroxylation is 1. The van der Waals surface area contributed by atoms with E-state index in [-0.39, 0.29) is 29.7 Å². The minimum absolute atomic E-state index is 0.160. The first-order valence-electron chi connectivity index (χ1n) is 8.53. The van der Waals surface area contributed by atoms with Crippen molar-refractivity contribution in [2.75, 3.05) is 20.1 Å². The number of nitrogens with zero attached hydrogens (tertiary/aromatic N) is 1. The van der Waals surface area contributed by atoms with E-state index in [0.717, 1.165) is 19.5 Å². The van der Waals surface area contributed by atoms with Crippen molar-refractivity contribution in [1.82, 2.24) is 10.2 Å². The van der Waals surface area contributed by atoms with Crippen molar-refractivity contribution in [3.05, 3.63) is 34.9 Å². The Morgan fingerprint density at radius 2 is 2.04 bits per heavy atom. The molecule has 5 heteroatoms. The molecule has 1 saturated heterocycles. The average Bonchev–Trinajstić information content (AvgIpc) is 2.87. The Hall–Kier alpha value is -1.04. The summed E-state index contributed by atoms with van der Waals surface area (Å²) in [7, 11) is 2.10. The molecule has 1 aliphatic carbocycles. The van der Waals surface area contributed by atoms with Crippen LogP contribution in [0.5, 0.6) is 0 Å². The van der Waals surface area contributed by atoms with E-state index in [1.54, 1.807) is 6.92 Å². The lowest BCUT2D eigenvalue weighted by Crippen LogP contribution is -2.43. The molecular weight excluding hydrogens is 298 g/mol. The van der Waals surface area contributed by atoms with Crippen molar-refractivity contribution in [2.24, 2.45) is 5.92 Å². The standard InChI is InChI=1S/C18H26F2N2O/c1-11-6-17(20)15(9-16(11)19)18(12-7-14(23)8-12)21-10-13-4-3-5-22(13)2/h6,9,12-14,18,21,23H,3-5,7-8,10H2,1-2H3/t12?,13-,14?,18?/m1/s1. The van der Waals surface area contributed by atoms with Crippen molar-refractivity contribution >= 4 is 0 Å². The van der Waals surface area contributed by atoms with E-state index < -0.39 is 0 Å². The summed E-state index contributed by atoms with van der Waals surface area (Å²) in [5.41, 5.74) is 0.722. The lowest BCUT2D eigenvalue weighted by molar-refractivity contribution is 0.0225. The molecule has 2 atom stereocenters. The lowest BCUT2D eigenvalue weighted by Gasteiger charge is -2.39. The van der Waals surface area contributed by atoms with Gasteiger partial charge in [-0.05, 0) is 69.8 Å². The maximum atomic E-state index is 14.4. The molecule has 128 valence electrons. The van der Waals surface area contributed by atoms with Crippen LogP contribution in [0.15, 0.2) is 12.1 Å². The second-order valence-electron chi connectivity index (χ2n) is 7.17. The van der Waals surface area contributed by atoms with Crippen LogP contribution in [0.4, 0.5) is 8.78 Å². The molecule has 1 aromatic carbocycles. The Kier molecular flexibility index (Phi) is 4.99. The van der Waals surface area contributed by atoms with Gasteiger partial charge >= 0.3 is 0 Å². The van der Waals surface area contributed by atoms with E-state index >= 15 is 0 Å². The van der Waals surface area contributed by atoms with E-state index in [9.17, 15) is 13.9 Å². The number of hydrogen-bond donors (Lipinski definition) is 2. The summed E-state index contributed by atoms with van der Waals surface area (Å²) >= 11 is 0. The number of likely N-dealkylation sites (tertiary alicyclic amines) is 1. The fourth-order valence-electron chi connectivity index (χ4n) is 3.83. The van der Waals surface area contributed by atoms with Crippen molar-refractivity contribution < 1.29 is 13.9 Å². The van der Waals surface area contributed by atoms with Gasteiger partial charge in [-0.1, -0.05) is 0 Å². The number of nitrogens with one attached hydrogen (secondary N) is 1. The van der Waals surface area contributed by atoms with Crippen molar-refractivity contribution in [3.63, 3.8) is 0 Å². The third-order valence-electron chi connectivity index (χ3n) is 5.48.